The maximum atomic E-state index is 6.02. The van der Waals surface area contributed by atoms with Crippen molar-refractivity contribution < 1.29 is 0 Å². The molecular weight excluding hydrogens is 216 g/mol. The van der Waals surface area contributed by atoms with E-state index in [1.165, 1.54) is 56.6 Å². The SMILES string of the molecule is CN(CC1CCCCC1)C1(CN)CCSC1. The third kappa shape index (κ3) is 2.74. The fourth-order valence-corrected chi connectivity index (χ4v) is 4.70. The number of likely N-dealkylation sites (N-methyl/N-ethyl adjacent to an activating group) is 1. The molecule has 2 rings (SSSR count). The van der Waals surface area contributed by atoms with Crippen LogP contribution in [-0.4, -0.2) is 42.1 Å². The fourth-order valence-electron chi connectivity index (χ4n) is 3.17. The minimum atomic E-state index is 0.322. The first-order valence-corrected chi connectivity index (χ1v) is 7.91. The molecule has 1 unspecified atom stereocenters. The zero-order valence-electron chi connectivity index (χ0n) is 10.6. The van der Waals surface area contributed by atoms with E-state index in [1.54, 1.807) is 0 Å². The van der Waals surface area contributed by atoms with E-state index in [4.69, 9.17) is 5.73 Å². The van der Waals surface area contributed by atoms with Gasteiger partial charge in [-0.15, -0.1) is 0 Å². The number of nitrogens with zero attached hydrogens (tertiary/aromatic N) is 1. The van der Waals surface area contributed by atoms with Crippen molar-refractivity contribution in [3.63, 3.8) is 0 Å². The Kier molecular flexibility index (Phi) is 4.57. The standard InChI is InChI=1S/C13H26N2S/c1-15(9-12-5-3-2-4-6-12)13(10-14)7-8-16-11-13/h12H,2-11,14H2,1H3. The number of thioether (sulfide) groups is 1. The lowest BCUT2D eigenvalue weighted by Crippen LogP contribution is -2.53. The van der Waals surface area contributed by atoms with Crippen molar-refractivity contribution in [3.05, 3.63) is 0 Å². The van der Waals surface area contributed by atoms with Crippen LogP contribution in [0.2, 0.25) is 0 Å². The molecule has 0 aromatic heterocycles. The van der Waals surface area contributed by atoms with Crippen LogP contribution >= 0.6 is 11.8 Å². The third-order valence-electron chi connectivity index (χ3n) is 4.53. The van der Waals surface area contributed by atoms with Gasteiger partial charge in [-0.25, -0.2) is 0 Å². The molecule has 0 aromatic carbocycles. The average molecular weight is 242 g/mol. The summed E-state index contributed by atoms with van der Waals surface area (Å²) in [5.41, 5.74) is 6.34. The molecule has 0 aromatic rings. The van der Waals surface area contributed by atoms with Crippen molar-refractivity contribution in [2.45, 2.75) is 44.1 Å². The van der Waals surface area contributed by atoms with E-state index in [9.17, 15) is 0 Å². The summed E-state index contributed by atoms with van der Waals surface area (Å²) >= 11 is 2.07. The molecule has 3 heteroatoms. The highest BCUT2D eigenvalue weighted by atomic mass is 32.2. The van der Waals surface area contributed by atoms with Crippen LogP contribution in [-0.2, 0) is 0 Å². The van der Waals surface area contributed by atoms with Gasteiger partial charge in [0.25, 0.3) is 0 Å². The van der Waals surface area contributed by atoms with Crippen molar-refractivity contribution in [3.8, 4) is 0 Å². The number of hydrogen-bond donors (Lipinski definition) is 1. The Balaban J connectivity index is 1.87. The van der Waals surface area contributed by atoms with Gasteiger partial charge in [-0.1, -0.05) is 19.3 Å². The first-order chi connectivity index (χ1) is 7.77. The first-order valence-electron chi connectivity index (χ1n) is 6.76. The van der Waals surface area contributed by atoms with Gasteiger partial charge in [0.05, 0.1) is 0 Å². The predicted molar refractivity (Wildman–Crippen MR) is 72.9 cm³/mol. The van der Waals surface area contributed by atoms with Crippen molar-refractivity contribution in [2.24, 2.45) is 11.7 Å². The normalized spacial score (nSPS) is 32.4. The summed E-state index contributed by atoms with van der Waals surface area (Å²) in [5, 5.41) is 0. The minimum absolute atomic E-state index is 0.322. The highest BCUT2D eigenvalue weighted by Crippen LogP contribution is 2.34. The minimum Gasteiger partial charge on any atom is -0.329 e. The van der Waals surface area contributed by atoms with Gasteiger partial charge in [-0.05, 0) is 38.0 Å². The largest absolute Gasteiger partial charge is 0.329 e. The molecule has 94 valence electrons. The summed E-state index contributed by atoms with van der Waals surface area (Å²) in [5.74, 6) is 3.48. The molecule has 0 amide bonds. The van der Waals surface area contributed by atoms with Crippen LogP contribution in [0.5, 0.6) is 0 Å². The van der Waals surface area contributed by atoms with Gasteiger partial charge in [0.2, 0.25) is 0 Å². The molecule has 1 saturated carbocycles. The monoisotopic (exact) mass is 242 g/mol. The molecule has 2 N–H and O–H groups in total. The third-order valence-corrected chi connectivity index (χ3v) is 5.76. The van der Waals surface area contributed by atoms with Gasteiger partial charge in [0.1, 0.15) is 0 Å². The summed E-state index contributed by atoms with van der Waals surface area (Å²) in [6.45, 7) is 2.11. The Bertz CT molecular complexity index is 208. The Hall–Kier alpha value is 0.270. The molecule has 0 spiro atoms. The lowest BCUT2D eigenvalue weighted by Gasteiger charge is -2.40. The van der Waals surface area contributed by atoms with Gasteiger partial charge >= 0.3 is 0 Å². The highest BCUT2D eigenvalue weighted by Gasteiger charge is 2.37. The zero-order chi connectivity index (χ0) is 11.4. The van der Waals surface area contributed by atoms with Gasteiger partial charge < -0.3 is 5.73 Å². The smallest absolute Gasteiger partial charge is 0.0426 e. The zero-order valence-corrected chi connectivity index (χ0v) is 11.4. The van der Waals surface area contributed by atoms with E-state index in [0.717, 1.165) is 12.5 Å². The van der Waals surface area contributed by atoms with Gasteiger partial charge in [-0.3, -0.25) is 4.90 Å². The van der Waals surface area contributed by atoms with E-state index in [0.29, 0.717) is 5.54 Å². The molecule has 2 nitrogen and oxygen atoms in total. The Labute approximate surface area is 104 Å². The van der Waals surface area contributed by atoms with Crippen molar-refractivity contribution in [2.75, 3.05) is 31.6 Å². The van der Waals surface area contributed by atoms with E-state index >= 15 is 0 Å². The van der Waals surface area contributed by atoms with Crippen LogP contribution in [0.1, 0.15) is 38.5 Å². The summed E-state index contributed by atoms with van der Waals surface area (Å²) in [7, 11) is 2.30. The maximum absolute atomic E-state index is 6.02. The van der Waals surface area contributed by atoms with Crippen LogP contribution < -0.4 is 5.73 Å². The van der Waals surface area contributed by atoms with Gasteiger partial charge in [0.15, 0.2) is 0 Å². The summed E-state index contributed by atoms with van der Waals surface area (Å²) in [6, 6.07) is 0. The fraction of sp³-hybridized carbons (Fsp3) is 1.00. The first kappa shape index (κ1) is 12.7. The number of rotatable bonds is 4. The van der Waals surface area contributed by atoms with E-state index in [2.05, 4.69) is 23.7 Å². The molecule has 1 atom stereocenters. The summed E-state index contributed by atoms with van der Waals surface area (Å²) in [4.78, 5) is 2.59. The molecule has 2 fully saturated rings. The molecule has 1 saturated heterocycles. The second kappa shape index (κ2) is 5.74. The van der Waals surface area contributed by atoms with E-state index in [1.807, 2.05) is 0 Å². The average Bonchev–Trinajstić information content (AvgIpc) is 2.80. The molecular formula is C13H26N2S. The topological polar surface area (TPSA) is 29.3 Å². The quantitative estimate of drug-likeness (QED) is 0.820. The van der Waals surface area contributed by atoms with Gasteiger partial charge in [-0.2, -0.15) is 11.8 Å². The van der Waals surface area contributed by atoms with Crippen molar-refractivity contribution in [1.82, 2.24) is 4.90 Å². The molecule has 16 heavy (non-hydrogen) atoms. The maximum Gasteiger partial charge on any atom is 0.0426 e. The second-order valence-electron chi connectivity index (χ2n) is 5.62. The van der Waals surface area contributed by atoms with Crippen molar-refractivity contribution in [1.29, 1.82) is 0 Å². The molecule has 0 bridgehead atoms. The van der Waals surface area contributed by atoms with E-state index < -0.39 is 0 Å². The Morgan fingerprint density at radius 1 is 1.31 bits per heavy atom. The summed E-state index contributed by atoms with van der Waals surface area (Å²) < 4.78 is 0. The lowest BCUT2D eigenvalue weighted by molar-refractivity contribution is 0.116. The van der Waals surface area contributed by atoms with E-state index in [-0.39, 0.29) is 0 Å². The molecule has 0 radical (unpaired) electrons. The van der Waals surface area contributed by atoms with Crippen LogP contribution in [0.15, 0.2) is 0 Å². The van der Waals surface area contributed by atoms with Crippen LogP contribution in [0, 0.1) is 5.92 Å². The van der Waals surface area contributed by atoms with Crippen molar-refractivity contribution >= 4 is 11.8 Å². The summed E-state index contributed by atoms with van der Waals surface area (Å²) in [6.07, 6.45) is 8.53. The molecule has 1 aliphatic carbocycles. The van der Waals surface area contributed by atoms with Crippen LogP contribution in [0.3, 0.4) is 0 Å². The Morgan fingerprint density at radius 3 is 2.62 bits per heavy atom. The second-order valence-corrected chi connectivity index (χ2v) is 6.72. The molecule has 1 heterocycles. The number of hydrogen-bond acceptors (Lipinski definition) is 3. The highest BCUT2D eigenvalue weighted by molar-refractivity contribution is 7.99. The van der Waals surface area contributed by atoms with Crippen LogP contribution in [0.4, 0.5) is 0 Å². The lowest BCUT2D eigenvalue weighted by atomic mass is 9.87. The van der Waals surface area contributed by atoms with Crippen LogP contribution in [0.25, 0.3) is 0 Å². The molecule has 1 aliphatic heterocycles. The predicted octanol–water partition coefficient (Wildman–Crippen LogP) is 2.33. The Morgan fingerprint density at radius 2 is 2.06 bits per heavy atom. The molecule has 2 aliphatic rings. The van der Waals surface area contributed by atoms with Gasteiger partial charge in [0, 0.05) is 24.4 Å². The number of nitrogens with two attached hydrogens (primary N) is 1.